The molecule has 3 atom stereocenters. The number of anilines is 1. The smallest absolute Gasteiger partial charge is 0.459 e. The van der Waals surface area contributed by atoms with Gasteiger partial charge >= 0.3 is 32.2 Å². The molecular weight excluding hydrogens is 1390 g/mol. The average Bonchev–Trinajstić information content (AvgIpc) is 1.52. The number of sulfone groups is 1. The molecule has 8 rings (SSSR count). The number of hydrogen-bond donors (Lipinski definition) is 1. The summed E-state index contributed by atoms with van der Waals surface area (Å²) in [4.78, 5) is 62.2. The summed E-state index contributed by atoms with van der Waals surface area (Å²) in [6.07, 6.45) is -12.3. The Bertz CT molecular complexity index is 4280. The Hall–Kier alpha value is -6.89. The van der Waals surface area contributed by atoms with Gasteiger partial charge in [-0.2, -0.15) is 49.6 Å². The van der Waals surface area contributed by atoms with Crippen molar-refractivity contribution in [1.29, 1.82) is 0 Å². The summed E-state index contributed by atoms with van der Waals surface area (Å²) in [7, 11) is -13.5. The second-order valence-corrected chi connectivity index (χ2v) is 33.9. The standard InChI is InChI=1S/C61H70ClF10N8O14PS2/c1-54(2,3)92-45(83)29-77(53(84)90-32-91-95(85,93-55(4,5)6)94-56(7,8)9)30-58(20-21-58)27-44(82)80(97(13,88)89)52-47-41(62)17-16-38(49(47)79(76-52)31-59(65,66)67)37-15-14-36(18-19-57(10,11)96(12,86)87)73-48(37)42(24-33-22-34(63)25-35(64)23-33)74-43(81)28-78-51-46(50(75-78)61(70,71)72)39-26-40(39)60(51,68)69/h14-17,22-23,25,39-40,42H,20-21,24,26-32H2,1-13H3,(H,74,81)/t39-,40+,42-/m0/s1. The molecule has 3 aliphatic carbocycles. The number of halogens is 11. The van der Waals surface area contributed by atoms with E-state index in [2.05, 4.69) is 32.3 Å². The Morgan fingerprint density at radius 2 is 1.43 bits per heavy atom. The number of hydrogen-bond acceptors (Lipinski definition) is 17. The summed E-state index contributed by atoms with van der Waals surface area (Å²) in [5.74, 6) is -8.72. The molecule has 0 saturated heterocycles. The lowest BCUT2D eigenvalue weighted by Crippen LogP contribution is -2.44. The van der Waals surface area contributed by atoms with Gasteiger partial charge in [-0.15, -0.1) is 0 Å². The molecule has 2 fully saturated rings. The summed E-state index contributed by atoms with van der Waals surface area (Å²) in [5, 5.41) is 8.69. The molecule has 22 nitrogen and oxygen atoms in total. The Labute approximate surface area is 556 Å². The molecule has 2 aromatic carbocycles. The number of rotatable bonds is 22. The Morgan fingerprint density at radius 3 is 1.97 bits per heavy atom. The number of fused-ring (bicyclic) bond motifs is 4. The number of benzene rings is 2. The molecule has 0 aliphatic heterocycles. The molecule has 36 heteroatoms. The van der Waals surface area contributed by atoms with Gasteiger partial charge in [0.05, 0.1) is 45.1 Å². The SMILES string of the molecule is CC(C)(C)OC(=O)CN(CC1(CC(=O)N(c2nn(CC(F)(F)F)c3c(-c4ccc(C#CC(C)(C)S(C)(=O)=O)nc4[C@H](Cc4cc(F)cc(F)c4)NC(=O)Cn4nc(C(F)(F)F)c5c4C(F)(F)[C@@H]4C[C@H]54)ccc(Cl)c23)S(C)(=O)=O)CC1)C(=O)OCOP(=O)(OC(C)(C)C)OC(C)(C)C. The summed E-state index contributed by atoms with van der Waals surface area (Å²) in [5.41, 5.74) is -11.2. The van der Waals surface area contributed by atoms with Crippen LogP contribution in [0.5, 0.6) is 0 Å². The number of pyridine rings is 1. The zero-order valence-electron chi connectivity index (χ0n) is 54.6. The van der Waals surface area contributed by atoms with Crippen molar-refractivity contribution >= 4 is 79.9 Å². The van der Waals surface area contributed by atoms with Gasteiger partial charge in [0.25, 0.3) is 5.92 Å². The topological polar surface area (TPSA) is 267 Å². The van der Waals surface area contributed by atoms with Crippen LogP contribution in [0.25, 0.3) is 22.0 Å². The molecule has 97 heavy (non-hydrogen) atoms. The van der Waals surface area contributed by atoms with E-state index < -0.39 is 222 Å². The van der Waals surface area contributed by atoms with E-state index in [9.17, 15) is 53.8 Å². The maximum atomic E-state index is 15.8. The van der Waals surface area contributed by atoms with Crippen LogP contribution < -0.4 is 9.62 Å². The number of amides is 3. The highest BCUT2D eigenvalue weighted by Crippen LogP contribution is 2.68. The normalized spacial score (nSPS) is 17.4. The van der Waals surface area contributed by atoms with Gasteiger partial charge in [-0.05, 0) is 155 Å². The fraction of sp³-hybridized carbons (Fsp3) is 0.557. The molecule has 532 valence electrons. The second-order valence-electron chi connectivity index (χ2n) is 27.6. The van der Waals surface area contributed by atoms with Crippen LogP contribution in [-0.2, 0) is 93.5 Å². The molecule has 3 aliphatic rings. The predicted octanol–water partition coefficient (Wildman–Crippen LogP) is 12.2. The monoisotopic (exact) mass is 1460 g/mol. The Kier molecular flexibility index (Phi) is 20.6. The first-order chi connectivity index (χ1) is 44.1. The second kappa shape index (κ2) is 26.3. The highest BCUT2D eigenvalue weighted by molar-refractivity contribution is 7.93. The fourth-order valence-electron chi connectivity index (χ4n) is 10.9. The third-order valence-electron chi connectivity index (χ3n) is 15.2. The van der Waals surface area contributed by atoms with Gasteiger partial charge in [0.1, 0.15) is 53.0 Å². The van der Waals surface area contributed by atoms with Crippen LogP contribution in [0.15, 0.2) is 42.5 Å². The van der Waals surface area contributed by atoms with E-state index in [1.54, 1.807) is 41.5 Å². The number of aromatic nitrogens is 5. The lowest BCUT2D eigenvalue weighted by Gasteiger charge is -2.31. The van der Waals surface area contributed by atoms with Gasteiger partial charge in [-0.25, -0.2) is 44.5 Å². The van der Waals surface area contributed by atoms with E-state index in [4.69, 9.17) is 34.6 Å². The van der Waals surface area contributed by atoms with E-state index in [1.807, 2.05) is 0 Å². The lowest BCUT2D eigenvalue weighted by atomic mass is 9.93. The Morgan fingerprint density at radius 1 is 0.835 bits per heavy atom. The summed E-state index contributed by atoms with van der Waals surface area (Å²) in [6, 6.07) is 4.50. The van der Waals surface area contributed by atoms with Crippen molar-refractivity contribution in [2.45, 2.75) is 173 Å². The van der Waals surface area contributed by atoms with E-state index in [-0.39, 0.29) is 49.8 Å². The van der Waals surface area contributed by atoms with Gasteiger partial charge in [-0.1, -0.05) is 23.6 Å². The lowest BCUT2D eigenvalue weighted by molar-refractivity contribution is -0.156. The van der Waals surface area contributed by atoms with Crippen molar-refractivity contribution < 1.29 is 108 Å². The first-order valence-electron chi connectivity index (χ1n) is 29.7. The van der Waals surface area contributed by atoms with Crippen LogP contribution in [0.1, 0.15) is 148 Å². The average molecular weight is 1460 g/mol. The minimum absolute atomic E-state index is 0.0428. The first kappa shape index (κ1) is 75.9. The number of alkyl halides is 8. The number of phosphoric ester groups is 1. The van der Waals surface area contributed by atoms with Gasteiger partial charge in [0.15, 0.2) is 21.3 Å². The van der Waals surface area contributed by atoms with Crippen molar-refractivity contribution in [3.05, 3.63) is 93.0 Å². The van der Waals surface area contributed by atoms with Crippen molar-refractivity contribution in [1.82, 2.24) is 34.8 Å². The molecule has 3 aromatic heterocycles. The van der Waals surface area contributed by atoms with E-state index >= 15 is 30.7 Å². The highest BCUT2D eigenvalue weighted by Gasteiger charge is 2.68. The maximum Gasteiger partial charge on any atom is 0.478 e. The van der Waals surface area contributed by atoms with Crippen LogP contribution in [0, 0.1) is 34.8 Å². The van der Waals surface area contributed by atoms with E-state index in [1.165, 1.54) is 34.6 Å². The van der Waals surface area contributed by atoms with Crippen LogP contribution >= 0.6 is 19.4 Å². The molecule has 0 bridgehead atoms. The van der Waals surface area contributed by atoms with Crippen molar-refractivity contribution in [2.75, 3.05) is 36.7 Å². The molecule has 0 unspecified atom stereocenters. The molecule has 1 N–H and O–H groups in total. The van der Waals surface area contributed by atoms with Gasteiger partial charge in [-0.3, -0.25) is 37.7 Å². The number of esters is 1. The van der Waals surface area contributed by atoms with Crippen molar-refractivity contribution in [2.24, 2.45) is 11.3 Å². The highest BCUT2D eigenvalue weighted by atomic mass is 35.5. The van der Waals surface area contributed by atoms with Crippen LogP contribution in [-0.4, -0.2) is 130 Å². The number of nitrogens with one attached hydrogen (secondary N) is 1. The van der Waals surface area contributed by atoms with E-state index in [0.717, 1.165) is 47.6 Å². The predicted molar refractivity (Wildman–Crippen MR) is 330 cm³/mol. The molecule has 3 amide bonds. The van der Waals surface area contributed by atoms with Crippen LogP contribution in [0.2, 0.25) is 5.02 Å². The fourth-order valence-corrected chi connectivity index (χ4v) is 13.9. The number of carbonyl (C=O) groups excluding carboxylic acids is 4. The summed E-state index contributed by atoms with van der Waals surface area (Å²) in [6.45, 7) is 10.3. The number of ether oxygens (including phenoxy) is 2. The largest absolute Gasteiger partial charge is 0.478 e. The van der Waals surface area contributed by atoms with Crippen molar-refractivity contribution in [3.63, 3.8) is 0 Å². The molecule has 0 spiro atoms. The zero-order valence-corrected chi connectivity index (χ0v) is 57.9. The molecule has 2 saturated carbocycles. The van der Waals surface area contributed by atoms with Gasteiger partial charge in [0, 0.05) is 47.9 Å². The number of sulfonamides is 1. The van der Waals surface area contributed by atoms with Crippen LogP contribution in [0.3, 0.4) is 0 Å². The van der Waals surface area contributed by atoms with Gasteiger partial charge in [0.2, 0.25) is 28.6 Å². The van der Waals surface area contributed by atoms with Gasteiger partial charge < -0.3 is 14.8 Å². The van der Waals surface area contributed by atoms with Crippen LogP contribution in [0.4, 0.5) is 54.5 Å². The Balaban J connectivity index is 1.25. The number of carbonyl (C=O) groups is 4. The minimum Gasteiger partial charge on any atom is -0.459 e. The molecule has 5 aromatic rings. The first-order valence-corrected chi connectivity index (χ1v) is 35.3. The third kappa shape index (κ3) is 18.3. The molecule has 3 heterocycles. The summed E-state index contributed by atoms with van der Waals surface area (Å²) < 4.78 is 244. The zero-order chi connectivity index (χ0) is 72.7. The third-order valence-corrected chi connectivity index (χ3v) is 20.5. The van der Waals surface area contributed by atoms with Crippen molar-refractivity contribution in [3.8, 4) is 23.0 Å². The number of nitrogens with zero attached hydrogens (tertiary/aromatic N) is 7. The number of phosphoric acid groups is 1. The summed E-state index contributed by atoms with van der Waals surface area (Å²) >= 11 is 6.86. The molecular formula is C61H70ClF10N8O14PS2. The molecule has 0 radical (unpaired) electrons. The quantitative estimate of drug-likeness (QED) is 0.0222. The maximum absolute atomic E-state index is 15.8. The minimum atomic E-state index is -5.27. The van der Waals surface area contributed by atoms with E-state index in [0.29, 0.717) is 12.3 Å².